The van der Waals surface area contributed by atoms with Crippen LogP contribution in [0.25, 0.3) is 11.1 Å². The number of aromatic nitrogens is 1. The smallest absolute Gasteiger partial charge is 0.243 e. The standard InChI is InChI=1S/C23H19FN4O5S2/c24-17-5-7-18(8-6-17)35(31,32)28-13-19(14-28)34(29,30)22-12-27-21-11-26-10-20(23(21)33-22)16-3-1-15(9-25)2-4-16/h1-8,10-11,19,22,27H,12-14H2. The van der Waals surface area contributed by atoms with E-state index in [1.54, 1.807) is 30.5 Å². The summed E-state index contributed by atoms with van der Waals surface area (Å²) in [5.74, 6) is -0.245. The van der Waals surface area contributed by atoms with Gasteiger partial charge in [0.15, 0.2) is 15.6 Å². The Kier molecular flexibility index (Phi) is 5.71. The van der Waals surface area contributed by atoms with E-state index in [0.29, 0.717) is 28.1 Å². The molecule has 3 aromatic rings. The zero-order valence-corrected chi connectivity index (χ0v) is 19.8. The molecule has 0 aliphatic carbocycles. The highest BCUT2D eigenvalue weighted by atomic mass is 32.2. The third-order valence-electron chi connectivity index (χ3n) is 6.03. The topological polar surface area (TPSA) is 129 Å². The second-order valence-electron chi connectivity index (χ2n) is 8.17. The highest BCUT2D eigenvalue weighted by Crippen LogP contribution is 2.40. The molecule has 0 spiro atoms. The second-order valence-corrected chi connectivity index (χ2v) is 12.5. The van der Waals surface area contributed by atoms with Gasteiger partial charge in [-0.1, -0.05) is 12.1 Å². The molecule has 5 rings (SSSR count). The van der Waals surface area contributed by atoms with Crippen LogP contribution in [0.2, 0.25) is 0 Å². The Morgan fingerprint density at radius 2 is 1.71 bits per heavy atom. The number of hydrogen-bond acceptors (Lipinski definition) is 8. The molecule has 1 N–H and O–H groups in total. The summed E-state index contributed by atoms with van der Waals surface area (Å²) >= 11 is 0. The van der Waals surface area contributed by atoms with Gasteiger partial charge in [0.05, 0.1) is 40.2 Å². The fourth-order valence-corrected chi connectivity index (χ4v) is 7.43. The maximum atomic E-state index is 13.3. The minimum Gasteiger partial charge on any atom is -0.470 e. The van der Waals surface area contributed by atoms with E-state index >= 15 is 0 Å². The lowest BCUT2D eigenvalue weighted by molar-refractivity contribution is 0.259. The van der Waals surface area contributed by atoms with Crippen molar-refractivity contribution in [3.8, 4) is 22.9 Å². The average Bonchev–Trinajstić information content (AvgIpc) is 2.82. The van der Waals surface area contributed by atoms with Crippen LogP contribution in [-0.4, -0.2) is 56.4 Å². The molecule has 2 aliphatic rings. The summed E-state index contributed by atoms with van der Waals surface area (Å²) in [4.78, 5) is 4.09. The van der Waals surface area contributed by atoms with Crippen LogP contribution in [0.15, 0.2) is 65.8 Å². The lowest BCUT2D eigenvalue weighted by Crippen LogP contribution is -2.60. The number of ether oxygens (including phenoxy) is 1. The van der Waals surface area contributed by atoms with E-state index in [4.69, 9.17) is 10.00 Å². The Bertz CT molecular complexity index is 1530. The highest BCUT2D eigenvalue weighted by Gasteiger charge is 2.48. The monoisotopic (exact) mass is 514 g/mol. The van der Waals surface area contributed by atoms with Crippen molar-refractivity contribution in [3.63, 3.8) is 0 Å². The third-order valence-corrected chi connectivity index (χ3v) is 10.1. The summed E-state index contributed by atoms with van der Waals surface area (Å²) in [7, 11) is -7.80. The summed E-state index contributed by atoms with van der Waals surface area (Å²) in [6, 6.07) is 13.2. The number of benzene rings is 2. The van der Waals surface area contributed by atoms with Crippen LogP contribution in [0.3, 0.4) is 0 Å². The van der Waals surface area contributed by atoms with Gasteiger partial charge in [0.2, 0.25) is 15.5 Å². The molecule has 1 aromatic heterocycles. The van der Waals surface area contributed by atoms with Crippen molar-refractivity contribution in [1.82, 2.24) is 9.29 Å². The van der Waals surface area contributed by atoms with E-state index in [9.17, 15) is 21.2 Å². The number of hydrogen-bond donors (Lipinski definition) is 1. The van der Waals surface area contributed by atoms with Crippen molar-refractivity contribution in [2.24, 2.45) is 0 Å². The third kappa shape index (κ3) is 4.12. The van der Waals surface area contributed by atoms with Gasteiger partial charge in [0.25, 0.3) is 0 Å². The predicted octanol–water partition coefficient (Wildman–Crippen LogP) is 2.38. The van der Waals surface area contributed by atoms with Crippen molar-refractivity contribution < 1.29 is 26.0 Å². The molecule has 1 atom stereocenters. The van der Waals surface area contributed by atoms with Crippen LogP contribution in [0, 0.1) is 17.1 Å². The van der Waals surface area contributed by atoms with Crippen molar-refractivity contribution in [2.45, 2.75) is 15.6 Å². The molecular formula is C23H19FN4O5S2. The highest BCUT2D eigenvalue weighted by molar-refractivity contribution is 7.93. The zero-order chi connectivity index (χ0) is 24.8. The molecule has 0 saturated carbocycles. The first-order chi connectivity index (χ1) is 16.7. The molecule has 0 amide bonds. The summed E-state index contributed by atoms with van der Waals surface area (Å²) in [6.07, 6.45) is 3.09. The maximum Gasteiger partial charge on any atom is 0.243 e. The van der Waals surface area contributed by atoms with Gasteiger partial charge in [-0.3, -0.25) is 4.98 Å². The molecule has 1 saturated heterocycles. The van der Waals surface area contributed by atoms with Gasteiger partial charge in [0.1, 0.15) is 5.82 Å². The quantitative estimate of drug-likeness (QED) is 0.549. The van der Waals surface area contributed by atoms with Crippen molar-refractivity contribution >= 4 is 25.5 Å². The number of pyridine rings is 1. The number of nitrogens with zero attached hydrogens (tertiary/aromatic N) is 3. The van der Waals surface area contributed by atoms with Crippen LogP contribution in [-0.2, 0) is 19.9 Å². The Labute approximate surface area is 201 Å². The number of sulfone groups is 1. The number of fused-ring (bicyclic) bond motifs is 1. The van der Waals surface area contributed by atoms with Gasteiger partial charge in [-0.15, -0.1) is 0 Å². The van der Waals surface area contributed by atoms with E-state index in [1.165, 1.54) is 6.20 Å². The summed E-state index contributed by atoms with van der Waals surface area (Å²) < 4.78 is 72.1. The van der Waals surface area contributed by atoms with E-state index < -0.39 is 36.4 Å². The summed E-state index contributed by atoms with van der Waals surface area (Å²) in [6.45, 7) is -0.448. The second kappa shape index (κ2) is 8.60. The van der Waals surface area contributed by atoms with Crippen LogP contribution in [0.5, 0.6) is 5.75 Å². The fraction of sp³-hybridized carbons (Fsp3) is 0.217. The largest absolute Gasteiger partial charge is 0.470 e. The molecule has 2 aliphatic heterocycles. The molecule has 180 valence electrons. The molecule has 3 heterocycles. The van der Waals surface area contributed by atoms with Crippen molar-refractivity contribution in [2.75, 3.05) is 25.0 Å². The van der Waals surface area contributed by atoms with Crippen LogP contribution in [0.1, 0.15) is 5.56 Å². The van der Waals surface area contributed by atoms with Crippen LogP contribution in [0.4, 0.5) is 10.1 Å². The number of rotatable bonds is 5. The molecule has 35 heavy (non-hydrogen) atoms. The first kappa shape index (κ1) is 23.2. The Balaban J connectivity index is 1.35. The van der Waals surface area contributed by atoms with Crippen molar-refractivity contribution in [3.05, 3.63) is 72.3 Å². The lowest BCUT2D eigenvalue weighted by Gasteiger charge is -2.40. The van der Waals surface area contributed by atoms with Gasteiger partial charge in [-0.2, -0.15) is 9.57 Å². The average molecular weight is 515 g/mol. The number of nitriles is 1. The van der Waals surface area contributed by atoms with E-state index in [1.807, 2.05) is 6.07 Å². The van der Waals surface area contributed by atoms with E-state index in [-0.39, 0.29) is 24.5 Å². The van der Waals surface area contributed by atoms with E-state index in [0.717, 1.165) is 28.6 Å². The maximum absolute atomic E-state index is 13.3. The van der Waals surface area contributed by atoms with Gasteiger partial charge in [0, 0.05) is 24.8 Å². The number of sulfonamides is 1. The lowest BCUT2D eigenvalue weighted by atomic mass is 10.0. The molecule has 0 radical (unpaired) electrons. The Morgan fingerprint density at radius 1 is 1.03 bits per heavy atom. The predicted molar refractivity (Wildman–Crippen MR) is 125 cm³/mol. The normalized spacial score (nSPS) is 18.5. The number of anilines is 1. The summed E-state index contributed by atoms with van der Waals surface area (Å²) in [5, 5.41) is 11.1. The number of nitrogens with one attached hydrogen (secondary N) is 1. The fourth-order valence-electron chi connectivity index (χ4n) is 3.96. The zero-order valence-electron chi connectivity index (χ0n) is 18.1. The molecule has 0 bridgehead atoms. The van der Waals surface area contributed by atoms with E-state index in [2.05, 4.69) is 10.3 Å². The first-order valence-electron chi connectivity index (χ1n) is 10.6. The Hall–Kier alpha value is -3.53. The van der Waals surface area contributed by atoms with Crippen LogP contribution < -0.4 is 10.1 Å². The minimum atomic E-state index is -3.93. The minimum absolute atomic E-state index is 0.0188. The van der Waals surface area contributed by atoms with Gasteiger partial charge < -0.3 is 10.1 Å². The number of halogens is 1. The van der Waals surface area contributed by atoms with Gasteiger partial charge >= 0.3 is 0 Å². The summed E-state index contributed by atoms with van der Waals surface area (Å²) in [5.41, 5.74) is 1.06. The van der Waals surface area contributed by atoms with Crippen LogP contribution >= 0.6 is 0 Å². The van der Waals surface area contributed by atoms with Gasteiger partial charge in [-0.25, -0.2) is 21.2 Å². The van der Waals surface area contributed by atoms with Crippen molar-refractivity contribution in [1.29, 1.82) is 5.26 Å². The molecule has 1 unspecified atom stereocenters. The molecule has 1 fully saturated rings. The molecule has 2 aromatic carbocycles. The molecule has 12 heteroatoms. The van der Waals surface area contributed by atoms with Gasteiger partial charge in [-0.05, 0) is 42.0 Å². The Morgan fingerprint density at radius 3 is 2.37 bits per heavy atom. The molecular weight excluding hydrogens is 495 g/mol. The first-order valence-corrected chi connectivity index (χ1v) is 13.6. The SMILES string of the molecule is N#Cc1ccc(-c2cncc3c2OC(S(=O)(=O)C2CN(S(=O)(=O)c4ccc(F)cc4)C2)CN3)cc1. The molecule has 9 nitrogen and oxygen atoms in total.